The van der Waals surface area contributed by atoms with Gasteiger partial charge in [-0.1, -0.05) is 25.6 Å². The highest BCUT2D eigenvalue weighted by molar-refractivity contribution is 7.98. The molecule has 0 fully saturated rings. The van der Waals surface area contributed by atoms with Gasteiger partial charge in [-0.15, -0.1) is 0 Å². The van der Waals surface area contributed by atoms with Crippen LogP contribution in [-0.2, 0) is 13.5 Å². The zero-order valence-corrected chi connectivity index (χ0v) is 10.8. The van der Waals surface area contributed by atoms with Crippen LogP contribution in [0.15, 0.2) is 9.95 Å². The van der Waals surface area contributed by atoms with Gasteiger partial charge in [0.15, 0.2) is 5.16 Å². The van der Waals surface area contributed by atoms with Gasteiger partial charge in [-0.3, -0.25) is 9.36 Å². The molecule has 0 aromatic carbocycles. The van der Waals surface area contributed by atoms with Gasteiger partial charge in [0.25, 0.3) is 5.56 Å². The molecule has 16 heavy (non-hydrogen) atoms. The van der Waals surface area contributed by atoms with Gasteiger partial charge in [0.1, 0.15) is 11.6 Å². The molecule has 4 nitrogen and oxygen atoms in total. The lowest BCUT2D eigenvalue weighted by Crippen LogP contribution is -2.25. The number of thioether (sulfide) groups is 1. The Labute approximate surface area is 99.3 Å². The fraction of sp³-hybridized carbons (Fsp3) is 0.545. The molecule has 0 N–H and O–H groups in total. The highest BCUT2D eigenvalue weighted by Crippen LogP contribution is 2.14. The fourth-order valence-corrected chi connectivity index (χ4v) is 2.01. The van der Waals surface area contributed by atoms with Crippen molar-refractivity contribution in [3.05, 3.63) is 21.6 Å². The summed E-state index contributed by atoms with van der Waals surface area (Å²) in [5, 5.41) is 9.64. The lowest BCUT2D eigenvalue weighted by atomic mass is 10.1. The van der Waals surface area contributed by atoms with Gasteiger partial charge >= 0.3 is 0 Å². The molecule has 1 aromatic heterocycles. The van der Waals surface area contributed by atoms with Crippen molar-refractivity contribution in [3.8, 4) is 6.07 Å². The molecule has 1 rings (SSSR count). The third kappa shape index (κ3) is 2.45. The predicted octanol–water partition coefficient (Wildman–Crippen LogP) is 1.57. The number of hydrogen-bond donors (Lipinski definition) is 0. The van der Waals surface area contributed by atoms with E-state index in [9.17, 15) is 4.79 Å². The van der Waals surface area contributed by atoms with E-state index in [0.29, 0.717) is 23.2 Å². The Morgan fingerprint density at radius 2 is 2.19 bits per heavy atom. The minimum Gasteiger partial charge on any atom is -0.290 e. The zero-order chi connectivity index (χ0) is 12.3. The number of rotatable bonds is 3. The molecule has 0 aliphatic carbocycles. The molecule has 0 aliphatic heterocycles. The largest absolute Gasteiger partial charge is 0.290 e. The second-order valence-corrected chi connectivity index (χ2v) is 4.77. The van der Waals surface area contributed by atoms with Crippen LogP contribution in [-0.4, -0.2) is 15.8 Å². The summed E-state index contributed by atoms with van der Waals surface area (Å²) in [6.45, 7) is 4.08. The normalized spacial score (nSPS) is 10.5. The SMILES string of the molecule is CSc1nc(CC(C)C)c(C#N)c(=O)n1C. The Morgan fingerprint density at radius 3 is 2.62 bits per heavy atom. The van der Waals surface area contributed by atoms with Gasteiger partial charge in [-0.2, -0.15) is 5.26 Å². The number of nitrogens with zero attached hydrogens (tertiary/aromatic N) is 3. The van der Waals surface area contributed by atoms with E-state index < -0.39 is 0 Å². The number of nitriles is 1. The van der Waals surface area contributed by atoms with Crippen molar-refractivity contribution in [2.75, 3.05) is 6.26 Å². The summed E-state index contributed by atoms with van der Waals surface area (Å²) in [6, 6.07) is 1.96. The summed E-state index contributed by atoms with van der Waals surface area (Å²) in [4.78, 5) is 16.2. The number of aromatic nitrogens is 2. The first-order chi connectivity index (χ1) is 7.51. The van der Waals surface area contributed by atoms with E-state index in [1.807, 2.05) is 26.2 Å². The summed E-state index contributed by atoms with van der Waals surface area (Å²) >= 11 is 1.41. The Morgan fingerprint density at radius 1 is 1.56 bits per heavy atom. The van der Waals surface area contributed by atoms with E-state index in [1.54, 1.807) is 7.05 Å². The molecule has 1 aromatic rings. The third-order valence-electron chi connectivity index (χ3n) is 2.22. The Balaban J connectivity index is 3.43. The molecule has 1 heterocycles. The Bertz CT molecular complexity index is 485. The van der Waals surface area contributed by atoms with Crippen molar-refractivity contribution in [2.45, 2.75) is 25.4 Å². The molecule has 86 valence electrons. The minimum atomic E-state index is -0.252. The monoisotopic (exact) mass is 237 g/mol. The van der Waals surface area contributed by atoms with Crippen LogP contribution >= 0.6 is 11.8 Å². The molecule has 0 radical (unpaired) electrons. The fourth-order valence-electron chi connectivity index (χ4n) is 1.45. The van der Waals surface area contributed by atoms with Crippen LogP contribution in [0.5, 0.6) is 0 Å². The summed E-state index contributed by atoms with van der Waals surface area (Å²) in [7, 11) is 1.64. The van der Waals surface area contributed by atoms with Crippen molar-refractivity contribution in [1.29, 1.82) is 5.26 Å². The summed E-state index contributed by atoms with van der Waals surface area (Å²) in [5.74, 6) is 0.376. The summed E-state index contributed by atoms with van der Waals surface area (Å²) < 4.78 is 1.42. The van der Waals surface area contributed by atoms with E-state index in [1.165, 1.54) is 16.3 Å². The van der Waals surface area contributed by atoms with Gasteiger partial charge in [-0.05, 0) is 18.6 Å². The van der Waals surface area contributed by atoms with Crippen molar-refractivity contribution in [1.82, 2.24) is 9.55 Å². The third-order valence-corrected chi connectivity index (χ3v) is 2.95. The van der Waals surface area contributed by atoms with E-state index in [2.05, 4.69) is 4.98 Å². The van der Waals surface area contributed by atoms with Gasteiger partial charge in [0.2, 0.25) is 0 Å². The van der Waals surface area contributed by atoms with Gasteiger partial charge in [0.05, 0.1) is 5.69 Å². The average molecular weight is 237 g/mol. The van der Waals surface area contributed by atoms with E-state index in [0.717, 1.165) is 0 Å². The van der Waals surface area contributed by atoms with Gasteiger partial charge in [-0.25, -0.2) is 4.98 Å². The topological polar surface area (TPSA) is 58.7 Å². The van der Waals surface area contributed by atoms with E-state index in [-0.39, 0.29) is 11.1 Å². The highest BCUT2D eigenvalue weighted by atomic mass is 32.2. The smallest absolute Gasteiger partial charge is 0.272 e. The Kier molecular flexibility index (Phi) is 4.13. The minimum absolute atomic E-state index is 0.175. The molecule has 0 saturated heterocycles. The molecule has 0 bridgehead atoms. The quantitative estimate of drug-likeness (QED) is 0.591. The van der Waals surface area contributed by atoms with Crippen LogP contribution in [0, 0.1) is 17.2 Å². The Hall–Kier alpha value is -1.28. The van der Waals surface area contributed by atoms with Crippen molar-refractivity contribution >= 4 is 11.8 Å². The van der Waals surface area contributed by atoms with Crippen LogP contribution in [0.4, 0.5) is 0 Å². The zero-order valence-electron chi connectivity index (χ0n) is 9.94. The van der Waals surface area contributed by atoms with Crippen LogP contribution in [0.25, 0.3) is 0 Å². The molecule has 0 atom stereocenters. The summed E-state index contributed by atoms with van der Waals surface area (Å²) in [6.07, 6.45) is 2.53. The molecular weight excluding hydrogens is 222 g/mol. The van der Waals surface area contributed by atoms with E-state index >= 15 is 0 Å². The second kappa shape index (κ2) is 5.17. The van der Waals surface area contributed by atoms with E-state index in [4.69, 9.17) is 5.26 Å². The molecule has 0 saturated carbocycles. The van der Waals surface area contributed by atoms with Crippen molar-refractivity contribution in [2.24, 2.45) is 13.0 Å². The first-order valence-corrected chi connectivity index (χ1v) is 6.27. The van der Waals surface area contributed by atoms with Crippen molar-refractivity contribution < 1.29 is 0 Å². The summed E-state index contributed by atoms with van der Waals surface area (Å²) in [5.41, 5.74) is 0.538. The van der Waals surface area contributed by atoms with Crippen LogP contribution in [0.3, 0.4) is 0 Å². The number of hydrogen-bond acceptors (Lipinski definition) is 4. The predicted molar refractivity (Wildman–Crippen MR) is 64.5 cm³/mol. The first kappa shape index (κ1) is 12.8. The molecule has 0 unspecified atom stereocenters. The second-order valence-electron chi connectivity index (χ2n) is 3.99. The first-order valence-electron chi connectivity index (χ1n) is 5.05. The highest BCUT2D eigenvalue weighted by Gasteiger charge is 2.14. The maximum absolute atomic E-state index is 11.9. The molecule has 0 amide bonds. The molecular formula is C11H15N3OS. The lowest BCUT2D eigenvalue weighted by molar-refractivity contribution is 0.606. The molecule has 0 spiro atoms. The maximum atomic E-state index is 11.9. The van der Waals surface area contributed by atoms with Crippen LogP contribution in [0.2, 0.25) is 0 Å². The standard InChI is InChI=1S/C11H15N3OS/c1-7(2)5-9-8(6-12)10(15)14(3)11(13-9)16-4/h7H,5H2,1-4H3. The van der Waals surface area contributed by atoms with Crippen LogP contribution < -0.4 is 5.56 Å². The molecule has 5 heteroatoms. The van der Waals surface area contributed by atoms with Gasteiger partial charge in [0, 0.05) is 7.05 Å². The van der Waals surface area contributed by atoms with Gasteiger partial charge < -0.3 is 0 Å². The average Bonchev–Trinajstić information content (AvgIpc) is 2.23. The van der Waals surface area contributed by atoms with Crippen LogP contribution in [0.1, 0.15) is 25.1 Å². The maximum Gasteiger partial charge on any atom is 0.272 e. The lowest BCUT2D eigenvalue weighted by Gasteiger charge is -2.10. The van der Waals surface area contributed by atoms with Crippen molar-refractivity contribution in [3.63, 3.8) is 0 Å². The molecule has 0 aliphatic rings.